The standard InChI is InChI=1S/C22H25N3O5/c1-26-17-10-9-16(19(27-2)20(17)28-3)13-25-11-12-29-18(14-25)22-23-21(24-30-22)15-7-5-4-6-8-15/h4-10,18H,11-14H2,1-3H3/t18-/m1/s1. The number of aromatic nitrogens is 2. The van der Waals surface area contributed by atoms with E-state index in [4.69, 9.17) is 23.5 Å². The van der Waals surface area contributed by atoms with Crippen LogP contribution in [0.5, 0.6) is 17.2 Å². The van der Waals surface area contributed by atoms with Gasteiger partial charge in [0, 0.05) is 30.8 Å². The number of hydrogen-bond donors (Lipinski definition) is 0. The lowest BCUT2D eigenvalue weighted by molar-refractivity contribution is -0.0476. The molecule has 0 spiro atoms. The summed E-state index contributed by atoms with van der Waals surface area (Å²) in [5.74, 6) is 2.94. The summed E-state index contributed by atoms with van der Waals surface area (Å²) in [6, 6.07) is 13.6. The smallest absolute Gasteiger partial charge is 0.257 e. The summed E-state index contributed by atoms with van der Waals surface area (Å²) in [7, 11) is 4.85. The molecule has 1 aliphatic heterocycles. The lowest BCUT2D eigenvalue weighted by Crippen LogP contribution is -2.38. The van der Waals surface area contributed by atoms with Crippen molar-refractivity contribution in [2.75, 3.05) is 41.0 Å². The highest BCUT2D eigenvalue weighted by Gasteiger charge is 2.28. The number of morpholine rings is 1. The van der Waals surface area contributed by atoms with Crippen LogP contribution in [-0.2, 0) is 11.3 Å². The van der Waals surface area contributed by atoms with Crippen molar-refractivity contribution in [3.05, 3.63) is 53.9 Å². The van der Waals surface area contributed by atoms with Gasteiger partial charge in [-0.25, -0.2) is 0 Å². The van der Waals surface area contributed by atoms with E-state index in [0.717, 1.165) is 17.7 Å². The van der Waals surface area contributed by atoms with Crippen molar-refractivity contribution >= 4 is 0 Å². The average Bonchev–Trinajstić information content (AvgIpc) is 3.30. The Morgan fingerprint density at radius 3 is 2.53 bits per heavy atom. The number of rotatable bonds is 7. The first-order chi connectivity index (χ1) is 14.7. The van der Waals surface area contributed by atoms with Gasteiger partial charge >= 0.3 is 0 Å². The van der Waals surface area contributed by atoms with Gasteiger partial charge in [-0.2, -0.15) is 4.98 Å². The van der Waals surface area contributed by atoms with Crippen molar-refractivity contribution < 1.29 is 23.5 Å². The predicted molar refractivity (Wildman–Crippen MR) is 110 cm³/mol. The van der Waals surface area contributed by atoms with Crippen LogP contribution in [0.3, 0.4) is 0 Å². The van der Waals surface area contributed by atoms with Gasteiger partial charge in [0.05, 0.1) is 27.9 Å². The van der Waals surface area contributed by atoms with Crippen LogP contribution in [0.25, 0.3) is 11.4 Å². The normalized spacial score (nSPS) is 17.0. The molecule has 0 aliphatic carbocycles. The van der Waals surface area contributed by atoms with Crippen LogP contribution in [0.2, 0.25) is 0 Å². The maximum absolute atomic E-state index is 5.91. The third-order valence-corrected chi connectivity index (χ3v) is 5.08. The largest absolute Gasteiger partial charge is 0.493 e. The second-order valence-electron chi connectivity index (χ2n) is 6.91. The molecule has 158 valence electrons. The van der Waals surface area contributed by atoms with Crippen LogP contribution >= 0.6 is 0 Å². The highest BCUT2D eigenvalue weighted by Crippen LogP contribution is 2.40. The molecule has 8 heteroatoms. The topological polar surface area (TPSA) is 79.1 Å². The third kappa shape index (κ3) is 4.10. The molecule has 2 aromatic carbocycles. The third-order valence-electron chi connectivity index (χ3n) is 5.08. The summed E-state index contributed by atoms with van der Waals surface area (Å²) in [5.41, 5.74) is 1.92. The van der Waals surface area contributed by atoms with E-state index >= 15 is 0 Å². The predicted octanol–water partition coefficient (Wildman–Crippen LogP) is 3.34. The van der Waals surface area contributed by atoms with Gasteiger partial charge in [0.15, 0.2) is 11.5 Å². The summed E-state index contributed by atoms with van der Waals surface area (Å²) in [6.07, 6.45) is -0.283. The fraction of sp³-hybridized carbons (Fsp3) is 0.364. The molecule has 0 bridgehead atoms. The van der Waals surface area contributed by atoms with Gasteiger partial charge in [0.25, 0.3) is 5.89 Å². The molecule has 1 aliphatic rings. The number of ether oxygens (including phenoxy) is 4. The lowest BCUT2D eigenvalue weighted by Gasteiger charge is -2.31. The second kappa shape index (κ2) is 9.15. The number of benzene rings is 2. The van der Waals surface area contributed by atoms with Gasteiger partial charge in [0.1, 0.15) is 6.10 Å². The fourth-order valence-corrected chi connectivity index (χ4v) is 3.59. The number of nitrogens with zero attached hydrogens (tertiary/aromatic N) is 3. The quantitative estimate of drug-likeness (QED) is 0.586. The van der Waals surface area contributed by atoms with E-state index in [-0.39, 0.29) is 6.10 Å². The molecule has 4 rings (SSSR count). The maximum atomic E-state index is 5.91. The van der Waals surface area contributed by atoms with Crippen LogP contribution in [0.15, 0.2) is 47.0 Å². The molecule has 1 aromatic heterocycles. The first kappa shape index (κ1) is 20.2. The Labute approximate surface area is 175 Å². The van der Waals surface area contributed by atoms with E-state index in [9.17, 15) is 0 Å². The number of hydrogen-bond acceptors (Lipinski definition) is 8. The monoisotopic (exact) mass is 411 g/mol. The Kier molecular flexibility index (Phi) is 6.15. The number of methoxy groups -OCH3 is 3. The molecule has 0 N–H and O–H groups in total. The minimum absolute atomic E-state index is 0.283. The molecule has 0 saturated carbocycles. The molecule has 1 saturated heterocycles. The minimum atomic E-state index is -0.283. The van der Waals surface area contributed by atoms with E-state index in [0.29, 0.717) is 48.7 Å². The molecule has 0 radical (unpaired) electrons. The summed E-state index contributed by atoms with van der Waals surface area (Å²) >= 11 is 0. The van der Waals surface area contributed by atoms with E-state index in [1.807, 2.05) is 42.5 Å². The summed E-state index contributed by atoms with van der Waals surface area (Å²) in [6.45, 7) is 2.66. The molecular weight excluding hydrogens is 386 g/mol. The van der Waals surface area contributed by atoms with Gasteiger partial charge in [-0.05, 0) is 6.07 Å². The van der Waals surface area contributed by atoms with Gasteiger partial charge in [-0.15, -0.1) is 0 Å². The molecule has 1 atom stereocenters. The van der Waals surface area contributed by atoms with Crippen LogP contribution in [0.1, 0.15) is 17.6 Å². The zero-order valence-corrected chi connectivity index (χ0v) is 17.3. The maximum Gasteiger partial charge on any atom is 0.257 e. The Bertz CT molecular complexity index is 976. The van der Waals surface area contributed by atoms with Gasteiger partial charge in [-0.3, -0.25) is 4.90 Å². The van der Waals surface area contributed by atoms with E-state index in [1.165, 1.54) is 0 Å². The molecule has 0 unspecified atom stereocenters. The highest BCUT2D eigenvalue weighted by atomic mass is 16.5. The lowest BCUT2D eigenvalue weighted by atomic mass is 10.1. The molecular formula is C22H25N3O5. The van der Waals surface area contributed by atoms with Crippen LogP contribution in [-0.4, -0.2) is 56.1 Å². The van der Waals surface area contributed by atoms with E-state index in [2.05, 4.69) is 15.0 Å². The van der Waals surface area contributed by atoms with Crippen molar-refractivity contribution in [2.45, 2.75) is 12.6 Å². The molecule has 0 amide bonds. The minimum Gasteiger partial charge on any atom is -0.493 e. The van der Waals surface area contributed by atoms with Crippen molar-refractivity contribution in [1.29, 1.82) is 0 Å². The Morgan fingerprint density at radius 2 is 1.80 bits per heavy atom. The Morgan fingerprint density at radius 1 is 1.00 bits per heavy atom. The highest BCUT2D eigenvalue weighted by molar-refractivity contribution is 5.56. The first-order valence-electron chi connectivity index (χ1n) is 9.74. The SMILES string of the molecule is COc1ccc(CN2CCO[C@@H](c3nc(-c4ccccc4)no3)C2)c(OC)c1OC. The molecule has 30 heavy (non-hydrogen) atoms. The summed E-state index contributed by atoms with van der Waals surface area (Å²) in [5, 5.41) is 4.10. The Hall–Kier alpha value is -3.10. The zero-order valence-electron chi connectivity index (χ0n) is 17.3. The van der Waals surface area contributed by atoms with Gasteiger partial charge < -0.3 is 23.5 Å². The summed E-state index contributed by atoms with van der Waals surface area (Å²) < 4.78 is 27.9. The van der Waals surface area contributed by atoms with Crippen molar-refractivity contribution in [2.24, 2.45) is 0 Å². The molecule has 2 heterocycles. The fourth-order valence-electron chi connectivity index (χ4n) is 3.59. The zero-order chi connectivity index (χ0) is 20.9. The second-order valence-corrected chi connectivity index (χ2v) is 6.91. The molecule has 3 aromatic rings. The van der Waals surface area contributed by atoms with Crippen LogP contribution in [0.4, 0.5) is 0 Å². The summed E-state index contributed by atoms with van der Waals surface area (Å²) in [4.78, 5) is 6.81. The van der Waals surface area contributed by atoms with E-state index in [1.54, 1.807) is 21.3 Å². The first-order valence-corrected chi connectivity index (χ1v) is 9.74. The van der Waals surface area contributed by atoms with Gasteiger partial charge in [0.2, 0.25) is 11.6 Å². The van der Waals surface area contributed by atoms with Crippen LogP contribution in [0, 0.1) is 0 Å². The van der Waals surface area contributed by atoms with Crippen molar-refractivity contribution in [3.63, 3.8) is 0 Å². The van der Waals surface area contributed by atoms with Crippen molar-refractivity contribution in [1.82, 2.24) is 15.0 Å². The van der Waals surface area contributed by atoms with Crippen LogP contribution < -0.4 is 14.2 Å². The van der Waals surface area contributed by atoms with Crippen molar-refractivity contribution in [3.8, 4) is 28.6 Å². The Balaban J connectivity index is 1.50. The van der Waals surface area contributed by atoms with E-state index < -0.39 is 0 Å². The molecule has 8 nitrogen and oxygen atoms in total. The average molecular weight is 411 g/mol. The van der Waals surface area contributed by atoms with Gasteiger partial charge in [-0.1, -0.05) is 41.6 Å². The molecule has 1 fully saturated rings.